The van der Waals surface area contributed by atoms with E-state index >= 15 is 0 Å². The molecule has 2 amide bonds. The minimum atomic E-state index is -1.91. The lowest BCUT2D eigenvalue weighted by Crippen LogP contribution is -2.68. The van der Waals surface area contributed by atoms with Crippen LogP contribution in [0.2, 0.25) is 0 Å². The molecule has 3 saturated heterocycles. The summed E-state index contributed by atoms with van der Waals surface area (Å²) in [6.45, 7) is 0. The highest BCUT2D eigenvalue weighted by atomic mass is 16.7. The van der Waals surface area contributed by atoms with Crippen molar-refractivity contribution in [1.29, 1.82) is 0 Å². The molecule has 1 aromatic rings. The predicted octanol–water partition coefficient (Wildman–Crippen LogP) is -4.75. The van der Waals surface area contributed by atoms with Crippen molar-refractivity contribution < 1.29 is 53.8 Å². The van der Waals surface area contributed by atoms with Crippen molar-refractivity contribution in [2.45, 2.75) is 73.8 Å². The number of ether oxygens (including phenoxy) is 4. The lowest BCUT2D eigenvalue weighted by atomic mass is 9.90. The van der Waals surface area contributed by atoms with E-state index in [-0.39, 0.29) is 12.2 Å². The first-order valence-corrected chi connectivity index (χ1v) is 11.0. The molecule has 3 aliphatic rings. The molecule has 0 aliphatic carbocycles. The van der Waals surface area contributed by atoms with E-state index in [9.17, 15) is 39.6 Å². The van der Waals surface area contributed by atoms with Crippen molar-refractivity contribution in [3.63, 3.8) is 0 Å². The van der Waals surface area contributed by atoms with Crippen LogP contribution in [0.3, 0.4) is 0 Å². The van der Waals surface area contributed by atoms with Gasteiger partial charge >= 0.3 is 23.7 Å². The average Bonchev–Trinajstić information content (AvgIpc) is 3.13. The second kappa shape index (κ2) is 10.2. The number of fused-ring (bicyclic) bond motifs is 1. The maximum Gasteiger partial charge on any atom is 0.351 e. The number of urea groups is 1. The number of hydrogen-bond donors (Lipinski definition) is 8. The molecule has 18 nitrogen and oxygen atoms in total. The van der Waals surface area contributed by atoms with Gasteiger partial charge < -0.3 is 61.9 Å². The number of anilines is 1. The molecule has 0 bridgehead atoms. The number of nitrogens with one attached hydrogen (secondary N) is 1. The van der Waals surface area contributed by atoms with Gasteiger partial charge in [0.25, 0.3) is 0 Å². The van der Waals surface area contributed by atoms with Crippen LogP contribution in [0.1, 0.15) is 12.6 Å². The summed E-state index contributed by atoms with van der Waals surface area (Å²) in [5.41, 5.74) is 15.7. The lowest BCUT2D eigenvalue weighted by molar-refractivity contribution is -0.293. The average molecular weight is 530 g/mol. The highest BCUT2D eigenvalue weighted by Crippen LogP contribution is 2.39. The molecule has 0 radical (unpaired) electrons. The first-order chi connectivity index (χ1) is 17.4. The summed E-state index contributed by atoms with van der Waals surface area (Å²) in [6, 6.07) is -2.44. The second-order valence-corrected chi connectivity index (χ2v) is 8.74. The van der Waals surface area contributed by atoms with Crippen LogP contribution >= 0.6 is 0 Å². The number of primary amides is 1. The van der Waals surface area contributed by atoms with Gasteiger partial charge in [-0.05, 0) is 6.07 Å². The molecule has 3 fully saturated rings. The summed E-state index contributed by atoms with van der Waals surface area (Å²) >= 11 is 0. The third-order valence-electron chi connectivity index (χ3n) is 6.31. The largest absolute Gasteiger partial charge is 0.479 e. The molecular weight excluding hydrogens is 504 g/mol. The zero-order chi connectivity index (χ0) is 27.2. The number of aliphatic hydroxyl groups excluding tert-OH is 2. The van der Waals surface area contributed by atoms with Gasteiger partial charge in [-0.15, -0.1) is 0 Å². The highest BCUT2D eigenvalue weighted by Gasteiger charge is 2.60. The van der Waals surface area contributed by atoms with Crippen LogP contribution in [-0.4, -0.2) is 109 Å². The van der Waals surface area contributed by atoms with Gasteiger partial charge in [0.1, 0.15) is 36.3 Å². The van der Waals surface area contributed by atoms with Gasteiger partial charge in [-0.2, -0.15) is 4.98 Å². The van der Waals surface area contributed by atoms with Crippen molar-refractivity contribution in [2.75, 3.05) is 5.73 Å². The van der Waals surface area contributed by atoms with E-state index < -0.39 is 91.0 Å². The minimum Gasteiger partial charge on any atom is -0.479 e. The molecule has 11 N–H and O–H groups in total. The normalized spacial score (nSPS) is 39.5. The number of aliphatic carboxylic acids is 2. The summed E-state index contributed by atoms with van der Waals surface area (Å²) in [7, 11) is 0. The third-order valence-corrected chi connectivity index (χ3v) is 6.31. The topological polar surface area (TPSA) is 294 Å². The Hall–Kier alpha value is -3.39. The quantitative estimate of drug-likeness (QED) is 0.171. The number of carboxylic acids is 2. The van der Waals surface area contributed by atoms with Gasteiger partial charge in [-0.25, -0.2) is 19.2 Å². The number of nitrogens with zero attached hydrogens (tertiary/aromatic N) is 2. The molecule has 11 atom stereocenters. The molecule has 0 unspecified atom stereocenters. The van der Waals surface area contributed by atoms with E-state index in [1.165, 1.54) is 12.3 Å². The molecular formula is C19H26N6O12. The van der Waals surface area contributed by atoms with Crippen LogP contribution in [0.5, 0.6) is 0 Å². The van der Waals surface area contributed by atoms with Gasteiger partial charge in [-0.1, -0.05) is 0 Å². The number of hydrogen-bond acceptors (Lipinski definition) is 13. The van der Waals surface area contributed by atoms with Crippen molar-refractivity contribution in [3.05, 3.63) is 22.7 Å². The fourth-order valence-electron chi connectivity index (χ4n) is 4.59. The third kappa shape index (κ3) is 5.07. The summed E-state index contributed by atoms with van der Waals surface area (Å²) < 4.78 is 23.2. The molecule has 0 saturated carbocycles. The monoisotopic (exact) mass is 530 g/mol. The summed E-state index contributed by atoms with van der Waals surface area (Å²) in [6.07, 6.45) is -13.3. The van der Waals surface area contributed by atoms with E-state index in [1.807, 2.05) is 0 Å². The van der Waals surface area contributed by atoms with E-state index in [0.717, 1.165) is 4.57 Å². The Morgan fingerprint density at radius 3 is 2.41 bits per heavy atom. The van der Waals surface area contributed by atoms with Gasteiger partial charge in [0.2, 0.25) is 0 Å². The van der Waals surface area contributed by atoms with Crippen molar-refractivity contribution >= 4 is 23.8 Å². The molecule has 4 rings (SSSR count). The van der Waals surface area contributed by atoms with E-state index in [1.54, 1.807) is 0 Å². The second-order valence-electron chi connectivity index (χ2n) is 8.74. The van der Waals surface area contributed by atoms with Gasteiger partial charge in [0.05, 0.1) is 6.04 Å². The first-order valence-electron chi connectivity index (χ1n) is 11.0. The Kier molecular flexibility index (Phi) is 7.33. The van der Waals surface area contributed by atoms with Crippen molar-refractivity contribution in [1.82, 2.24) is 14.9 Å². The molecule has 18 heteroatoms. The predicted molar refractivity (Wildman–Crippen MR) is 115 cm³/mol. The van der Waals surface area contributed by atoms with E-state index in [2.05, 4.69) is 10.3 Å². The number of carbonyl (C=O) groups excluding carboxylic acids is 1. The molecule has 4 heterocycles. The number of rotatable bonds is 6. The fraction of sp³-hybridized carbons (Fsp3) is 0.632. The Bertz CT molecular complexity index is 1120. The van der Waals surface area contributed by atoms with Crippen LogP contribution in [0, 0.1) is 0 Å². The Morgan fingerprint density at radius 2 is 1.81 bits per heavy atom. The Labute approximate surface area is 206 Å². The van der Waals surface area contributed by atoms with Crippen LogP contribution in [0.4, 0.5) is 10.6 Å². The SMILES string of the molecule is NC(=O)N[C@H]1[C@H]2O[C@@H](n3ccc(N)nc3=O)[C@H](O)[C@@H]2O[C@H](C(=O)O)[C@@H]1O[C@@H]1O[C@H](C(=O)O)C[C@@H](N)[C@H]1O. The van der Waals surface area contributed by atoms with Crippen molar-refractivity contribution in [3.8, 4) is 0 Å². The zero-order valence-electron chi connectivity index (χ0n) is 18.9. The maximum atomic E-state index is 12.3. The summed E-state index contributed by atoms with van der Waals surface area (Å²) in [5.74, 6) is -3.10. The minimum absolute atomic E-state index is 0.0982. The number of aliphatic hydroxyl groups is 2. The molecule has 0 aromatic carbocycles. The number of carboxylic acid groups (broad SMARTS) is 2. The van der Waals surface area contributed by atoms with Gasteiger partial charge in [-0.3, -0.25) is 4.57 Å². The number of amides is 2. The standard InChI is InChI=1S/C19H26N6O12/c20-4-3-5(15(28)29)34-17(8(4)26)37-11-7(24-18(22)32)10-12(35-13(11)16(30)31)9(27)14(36-10)25-2-1-6(21)23-19(25)33/h1-2,4-5,7-14,17,26-27H,3,20H2,(H,28,29)(H,30,31)(H2,21,23,33)(H3,22,24,32)/t4-,5+,7+,8-,9-,10-,11-,12+,13+,14-,17+/m1/s1. The van der Waals surface area contributed by atoms with Crippen LogP contribution in [0.15, 0.2) is 17.1 Å². The molecule has 204 valence electrons. The zero-order valence-corrected chi connectivity index (χ0v) is 18.9. The number of aromatic nitrogens is 2. The molecule has 0 spiro atoms. The number of carbonyl (C=O) groups is 3. The number of nitrogens with two attached hydrogens (primary N) is 3. The summed E-state index contributed by atoms with van der Waals surface area (Å²) in [4.78, 5) is 51.3. The Balaban J connectivity index is 1.68. The number of nitrogen functional groups attached to an aromatic ring is 1. The van der Waals surface area contributed by atoms with E-state index in [4.69, 9.17) is 36.1 Å². The van der Waals surface area contributed by atoms with E-state index in [0.29, 0.717) is 0 Å². The maximum absolute atomic E-state index is 12.3. The first kappa shape index (κ1) is 26.7. The molecule has 1 aromatic heterocycles. The van der Waals surface area contributed by atoms with Crippen LogP contribution in [-0.2, 0) is 28.5 Å². The van der Waals surface area contributed by atoms with Gasteiger partial charge in [0, 0.05) is 18.7 Å². The smallest absolute Gasteiger partial charge is 0.351 e. The van der Waals surface area contributed by atoms with Gasteiger partial charge in [0.15, 0.2) is 24.7 Å². The van der Waals surface area contributed by atoms with Crippen LogP contribution in [0.25, 0.3) is 0 Å². The van der Waals surface area contributed by atoms with Crippen molar-refractivity contribution in [2.24, 2.45) is 11.5 Å². The fourth-order valence-corrected chi connectivity index (χ4v) is 4.59. The summed E-state index contributed by atoms with van der Waals surface area (Å²) in [5, 5.41) is 42.7. The van der Waals surface area contributed by atoms with Crippen LogP contribution < -0.4 is 28.2 Å². The molecule has 37 heavy (non-hydrogen) atoms. The highest BCUT2D eigenvalue weighted by molar-refractivity contribution is 5.75. The molecule has 3 aliphatic heterocycles. The Morgan fingerprint density at radius 1 is 1.11 bits per heavy atom. The lowest BCUT2D eigenvalue weighted by Gasteiger charge is -2.45.